The first-order chi connectivity index (χ1) is 10.6. The second-order valence-corrected chi connectivity index (χ2v) is 6.93. The van der Waals surface area contributed by atoms with Crippen molar-refractivity contribution in [3.8, 4) is 5.75 Å². The van der Waals surface area contributed by atoms with Crippen molar-refractivity contribution in [3.05, 3.63) is 63.6 Å². The van der Waals surface area contributed by atoms with Gasteiger partial charge in [0.05, 0.1) is 6.04 Å². The standard InChI is InChI=1S/C18H16BrNO2/c19-12-3-1-11(2-4-12)16-10-20-17(7-8-18(20)22)14-6-5-13(21)9-15(14)16/h1-6,9,16-17,21H,7-8,10H2. The highest BCUT2D eigenvalue weighted by molar-refractivity contribution is 9.10. The second kappa shape index (κ2) is 5.13. The zero-order chi connectivity index (χ0) is 15.3. The fourth-order valence-corrected chi connectivity index (χ4v) is 3.99. The highest BCUT2D eigenvalue weighted by Crippen LogP contribution is 2.45. The van der Waals surface area contributed by atoms with Crippen molar-refractivity contribution in [1.29, 1.82) is 0 Å². The molecule has 0 aliphatic carbocycles. The minimum Gasteiger partial charge on any atom is -0.508 e. The number of amides is 1. The molecule has 2 aromatic carbocycles. The normalized spacial score (nSPS) is 23.3. The Kier molecular flexibility index (Phi) is 3.22. The van der Waals surface area contributed by atoms with E-state index < -0.39 is 0 Å². The quantitative estimate of drug-likeness (QED) is 0.838. The molecule has 2 aromatic rings. The third kappa shape index (κ3) is 2.13. The van der Waals surface area contributed by atoms with Gasteiger partial charge in [0.25, 0.3) is 0 Å². The summed E-state index contributed by atoms with van der Waals surface area (Å²) in [4.78, 5) is 14.2. The molecule has 0 spiro atoms. The Morgan fingerprint density at radius 1 is 1.09 bits per heavy atom. The third-order valence-electron chi connectivity index (χ3n) is 4.78. The van der Waals surface area contributed by atoms with Crippen LogP contribution in [-0.2, 0) is 4.79 Å². The Morgan fingerprint density at radius 3 is 2.64 bits per heavy atom. The molecular weight excluding hydrogens is 342 g/mol. The number of halogens is 1. The Hall–Kier alpha value is -1.81. The van der Waals surface area contributed by atoms with E-state index >= 15 is 0 Å². The Labute approximate surface area is 137 Å². The number of rotatable bonds is 1. The summed E-state index contributed by atoms with van der Waals surface area (Å²) < 4.78 is 1.04. The van der Waals surface area contributed by atoms with Crippen LogP contribution in [0, 0.1) is 0 Å². The van der Waals surface area contributed by atoms with E-state index in [1.165, 1.54) is 11.1 Å². The van der Waals surface area contributed by atoms with E-state index in [0.717, 1.165) is 16.5 Å². The van der Waals surface area contributed by atoms with Crippen LogP contribution in [-0.4, -0.2) is 22.5 Å². The van der Waals surface area contributed by atoms with Crippen LogP contribution in [0.1, 0.15) is 41.5 Å². The number of phenolic OH excluding ortho intramolecular Hbond substituents is 1. The maximum Gasteiger partial charge on any atom is 0.223 e. The average Bonchev–Trinajstić information content (AvgIpc) is 2.88. The summed E-state index contributed by atoms with van der Waals surface area (Å²) in [6.45, 7) is 0.696. The predicted molar refractivity (Wildman–Crippen MR) is 87.8 cm³/mol. The van der Waals surface area contributed by atoms with Crippen LogP contribution in [0.15, 0.2) is 46.9 Å². The van der Waals surface area contributed by atoms with Crippen molar-refractivity contribution in [3.63, 3.8) is 0 Å². The van der Waals surface area contributed by atoms with Crippen LogP contribution in [0.5, 0.6) is 5.75 Å². The molecule has 1 fully saturated rings. The molecule has 112 valence electrons. The Balaban J connectivity index is 1.85. The van der Waals surface area contributed by atoms with Gasteiger partial charge in [0, 0.05) is 23.4 Å². The summed E-state index contributed by atoms with van der Waals surface area (Å²) in [5.74, 6) is 0.651. The van der Waals surface area contributed by atoms with Gasteiger partial charge in [0.1, 0.15) is 5.75 Å². The lowest BCUT2D eigenvalue weighted by Crippen LogP contribution is -2.37. The van der Waals surface area contributed by atoms with Gasteiger partial charge in [-0.3, -0.25) is 4.79 Å². The van der Waals surface area contributed by atoms with Gasteiger partial charge in [-0.15, -0.1) is 0 Å². The molecule has 2 unspecified atom stereocenters. The van der Waals surface area contributed by atoms with Gasteiger partial charge in [-0.25, -0.2) is 0 Å². The highest BCUT2D eigenvalue weighted by atomic mass is 79.9. The monoisotopic (exact) mass is 357 g/mol. The molecule has 0 radical (unpaired) electrons. The Morgan fingerprint density at radius 2 is 1.86 bits per heavy atom. The molecule has 2 atom stereocenters. The number of hydrogen-bond acceptors (Lipinski definition) is 2. The van der Waals surface area contributed by atoms with Crippen LogP contribution < -0.4 is 0 Å². The smallest absolute Gasteiger partial charge is 0.223 e. The fourth-order valence-electron chi connectivity index (χ4n) is 3.73. The van der Waals surface area contributed by atoms with Crippen LogP contribution in [0.3, 0.4) is 0 Å². The first-order valence-corrected chi connectivity index (χ1v) is 8.30. The van der Waals surface area contributed by atoms with E-state index in [4.69, 9.17) is 0 Å². The number of aromatic hydroxyl groups is 1. The van der Waals surface area contributed by atoms with Crippen molar-refractivity contribution >= 4 is 21.8 Å². The topological polar surface area (TPSA) is 40.5 Å². The molecule has 4 heteroatoms. The molecule has 22 heavy (non-hydrogen) atoms. The van der Waals surface area contributed by atoms with Gasteiger partial charge in [-0.2, -0.15) is 0 Å². The molecule has 4 rings (SSSR count). The van der Waals surface area contributed by atoms with E-state index in [-0.39, 0.29) is 17.9 Å². The number of nitrogens with zero attached hydrogens (tertiary/aromatic N) is 1. The molecule has 2 aliphatic heterocycles. The van der Waals surface area contributed by atoms with Crippen LogP contribution >= 0.6 is 15.9 Å². The number of hydrogen-bond donors (Lipinski definition) is 1. The van der Waals surface area contributed by atoms with Gasteiger partial charge in [0.15, 0.2) is 0 Å². The molecule has 0 aromatic heterocycles. The average molecular weight is 358 g/mol. The largest absolute Gasteiger partial charge is 0.508 e. The van der Waals surface area contributed by atoms with Gasteiger partial charge in [-0.1, -0.05) is 34.1 Å². The summed E-state index contributed by atoms with van der Waals surface area (Å²) >= 11 is 3.46. The van der Waals surface area contributed by atoms with Crippen molar-refractivity contribution in [2.24, 2.45) is 0 Å². The first kappa shape index (κ1) is 13.8. The van der Waals surface area contributed by atoms with E-state index in [9.17, 15) is 9.90 Å². The molecule has 3 nitrogen and oxygen atoms in total. The summed E-state index contributed by atoms with van der Waals surface area (Å²) in [6, 6.07) is 14.0. The molecule has 1 saturated heterocycles. The fraction of sp³-hybridized carbons (Fsp3) is 0.278. The van der Waals surface area contributed by atoms with Gasteiger partial charge < -0.3 is 10.0 Å². The number of fused-ring (bicyclic) bond motifs is 3. The lowest BCUT2D eigenvalue weighted by atomic mass is 9.81. The summed E-state index contributed by atoms with van der Waals surface area (Å²) in [5, 5.41) is 9.90. The van der Waals surface area contributed by atoms with Crippen LogP contribution in [0.2, 0.25) is 0 Å². The second-order valence-electron chi connectivity index (χ2n) is 6.02. The van der Waals surface area contributed by atoms with E-state index in [2.05, 4.69) is 28.1 Å². The van der Waals surface area contributed by atoms with Crippen molar-refractivity contribution in [1.82, 2.24) is 4.90 Å². The number of benzene rings is 2. The van der Waals surface area contributed by atoms with Gasteiger partial charge in [-0.05, 0) is 47.4 Å². The molecule has 0 saturated carbocycles. The highest BCUT2D eigenvalue weighted by Gasteiger charge is 2.40. The molecular formula is C18H16BrNO2. The van der Waals surface area contributed by atoms with Crippen molar-refractivity contribution in [2.45, 2.75) is 24.8 Å². The third-order valence-corrected chi connectivity index (χ3v) is 5.31. The molecule has 1 amide bonds. The lowest BCUT2D eigenvalue weighted by molar-refractivity contribution is -0.129. The van der Waals surface area contributed by atoms with Crippen LogP contribution in [0.4, 0.5) is 0 Å². The number of carbonyl (C=O) groups is 1. The van der Waals surface area contributed by atoms with E-state index in [0.29, 0.717) is 18.7 Å². The van der Waals surface area contributed by atoms with Crippen molar-refractivity contribution < 1.29 is 9.90 Å². The summed E-state index contributed by atoms with van der Waals surface area (Å²) in [7, 11) is 0. The zero-order valence-corrected chi connectivity index (χ0v) is 13.6. The molecule has 0 bridgehead atoms. The van der Waals surface area contributed by atoms with Crippen LogP contribution in [0.25, 0.3) is 0 Å². The Bertz CT molecular complexity index is 741. The minimum absolute atomic E-state index is 0.119. The predicted octanol–water partition coefficient (Wildman–Crippen LogP) is 3.96. The zero-order valence-electron chi connectivity index (χ0n) is 12.0. The molecule has 1 N–H and O–H groups in total. The number of phenols is 1. The van der Waals surface area contributed by atoms with E-state index in [1.807, 2.05) is 29.2 Å². The SMILES string of the molecule is O=C1CCC2c3ccc(O)cc3C(c3ccc(Br)cc3)CN12. The summed E-state index contributed by atoms with van der Waals surface area (Å²) in [5.41, 5.74) is 3.51. The number of carbonyl (C=O) groups excluding carboxylic acids is 1. The van der Waals surface area contributed by atoms with E-state index in [1.54, 1.807) is 6.07 Å². The maximum atomic E-state index is 12.2. The summed E-state index contributed by atoms with van der Waals surface area (Å²) in [6.07, 6.45) is 1.50. The molecule has 2 heterocycles. The van der Waals surface area contributed by atoms with Gasteiger partial charge in [0.2, 0.25) is 5.91 Å². The minimum atomic E-state index is 0.119. The maximum absolute atomic E-state index is 12.2. The molecule has 2 aliphatic rings. The lowest BCUT2D eigenvalue weighted by Gasteiger charge is -2.37. The van der Waals surface area contributed by atoms with Gasteiger partial charge >= 0.3 is 0 Å². The van der Waals surface area contributed by atoms with Crippen molar-refractivity contribution in [2.75, 3.05) is 6.54 Å². The first-order valence-electron chi connectivity index (χ1n) is 7.51.